The van der Waals surface area contributed by atoms with Gasteiger partial charge < -0.3 is 10.6 Å². The average Bonchev–Trinajstić information content (AvgIpc) is 2.63. The molecule has 0 unspecified atom stereocenters. The van der Waals surface area contributed by atoms with E-state index in [1.807, 2.05) is 13.8 Å². The van der Waals surface area contributed by atoms with Gasteiger partial charge >= 0.3 is 0 Å². The van der Waals surface area contributed by atoms with Crippen molar-refractivity contribution < 1.29 is 13.2 Å². The second-order valence-electron chi connectivity index (χ2n) is 7.26. The van der Waals surface area contributed by atoms with Crippen molar-refractivity contribution in [3.8, 4) is 0 Å². The Morgan fingerprint density at radius 2 is 1.93 bits per heavy atom. The molecule has 0 radical (unpaired) electrons. The quantitative estimate of drug-likeness (QED) is 0.666. The molecule has 1 aromatic carbocycles. The predicted octanol–water partition coefficient (Wildman–Crippen LogP) is 2.97. The van der Waals surface area contributed by atoms with Crippen LogP contribution in [0.2, 0.25) is 0 Å². The van der Waals surface area contributed by atoms with Crippen molar-refractivity contribution in [2.75, 3.05) is 32.5 Å². The van der Waals surface area contributed by atoms with Crippen molar-refractivity contribution in [3.63, 3.8) is 0 Å². The monoisotopic (exact) mass is 393 g/mol. The summed E-state index contributed by atoms with van der Waals surface area (Å²) in [7, 11) is -0.504. The molecular formula is C20H31N3O3S. The fraction of sp³-hybridized carbons (Fsp3) is 0.550. The molecule has 2 N–H and O–H groups in total. The van der Waals surface area contributed by atoms with Gasteiger partial charge in [0.1, 0.15) is 0 Å². The highest BCUT2D eigenvalue weighted by Gasteiger charge is 2.19. The van der Waals surface area contributed by atoms with Crippen molar-refractivity contribution in [2.45, 2.75) is 50.8 Å². The molecule has 6 nitrogen and oxygen atoms in total. The number of carbonyl (C=O) groups excluding carboxylic acids is 1. The Hall–Kier alpha value is -1.86. The second kappa shape index (κ2) is 9.37. The first-order valence-corrected chi connectivity index (χ1v) is 10.9. The average molecular weight is 394 g/mol. The summed E-state index contributed by atoms with van der Waals surface area (Å²) < 4.78 is 26.0. The number of carbonyl (C=O) groups is 1. The van der Waals surface area contributed by atoms with E-state index >= 15 is 0 Å². The molecule has 1 amide bonds. The number of hydrogen-bond acceptors (Lipinski definition) is 4. The van der Waals surface area contributed by atoms with Gasteiger partial charge in [0, 0.05) is 26.3 Å². The third-order valence-electron chi connectivity index (χ3n) is 5.01. The SMILES string of the molecule is Cc1cc(S(=O)(=O)N(C)C)cc(NCC(=O)NCCC2=CCCCC2)c1C. The minimum Gasteiger partial charge on any atom is -0.376 e. The molecule has 2 rings (SSSR count). The van der Waals surface area contributed by atoms with Crippen molar-refractivity contribution in [1.29, 1.82) is 0 Å². The highest BCUT2D eigenvalue weighted by Crippen LogP contribution is 2.25. The number of anilines is 1. The summed E-state index contributed by atoms with van der Waals surface area (Å²) >= 11 is 0. The molecule has 1 aromatic rings. The minimum absolute atomic E-state index is 0.0932. The van der Waals surface area contributed by atoms with Crippen LogP contribution in [0.1, 0.15) is 43.2 Å². The Kier molecular flexibility index (Phi) is 7.44. The Morgan fingerprint density at radius 1 is 1.19 bits per heavy atom. The molecule has 0 aromatic heterocycles. The van der Waals surface area contributed by atoms with Crippen LogP contribution in [0.5, 0.6) is 0 Å². The molecule has 0 atom stereocenters. The van der Waals surface area contributed by atoms with E-state index in [0.717, 1.165) is 30.4 Å². The fourth-order valence-electron chi connectivity index (χ4n) is 3.10. The molecule has 0 aliphatic heterocycles. The predicted molar refractivity (Wildman–Crippen MR) is 109 cm³/mol. The maximum Gasteiger partial charge on any atom is 0.242 e. The van der Waals surface area contributed by atoms with Crippen LogP contribution in [0, 0.1) is 13.8 Å². The number of benzene rings is 1. The topological polar surface area (TPSA) is 78.5 Å². The third-order valence-corrected chi connectivity index (χ3v) is 6.81. The summed E-state index contributed by atoms with van der Waals surface area (Å²) in [5.41, 5.74) is 3.90. The standard InChI is InChI=1S/C20H31N3O3S/c1-15-12-18(27(25,26)23(3)4)13-19(16(15)2)22-14-20(24)21-11-10-17-8-6-5-7-9-17/h8,12-13,22H,5-7,9-11,14H2,1-4H3,(H,21,24). The van der Waals surface area contributed by atoms with Crippen LogP contribution in [0.15, 0.2) is 28.7 Å². The highest BCUT2D eigenvalue weighted by molar-refractivity contribution is 7.89. The molecule has 7 heteroatoms. The maximum atomic E-state index is 12.4. The summed E-state index contributed by atoms with van der Waals surface area (Å²) in [5, 5.41) is 6.01. The summed E-state index contributed by atoms with van der Waals surface area (Å²) in [6, 6.07) is 3.26. The molecule has 150 valence electrons. The van der Waals surface area contributed by atoms with Crippen molar-refractivity contribution in [2.24, 2.45) is 0 Å². The van der Waals surface area contributed by atoms with E-state index < -0.39 is 10.0 Å². The number of nitrogens with zero attached hydrogens (tertiary/aromatic N) is 1. The Morgan fingerprint density at radius 3 is 2.56 bits per heavy atom. The van der Waals surface area contributed by atoms with E-state index in [1.54, 1.807) is 12.1 Å². The van der Waals surface area contributed by atoms with Gasteiger partial charge in [0.25, 0.3) is 0 Å². The van der Waals surface area contributed by atoms with E-state index in [9.17, 15) is 13.2 Å². The number of allylic oxidation sites excluding steroid dienone is 1. The maximum absolute atomic E-state index is 12.4. The fourth-order valence-corrected chi connectivity index (χ4v) is 4.12. The summed E-state index contributed by atoms with van der Waals surface area (Å²) in [4.78, 5) is 12.3. The first-order valence-electron chi connectivity index (χ1n) is 9.44. The molecular weight excluding hydrogens is 362 g/mol. The van der Waals surface area contributed by atoms with Crippen LogP contribution in [0.3, 0.4) is 0 Å². The van der Waals surface area contributed by atoms with Crippen molar-refractivity contribution >= 4 is 21.6 Å². The lowest BCUT2D eigenvalue weighted by molar-refractivity contribution is -0.119. The molecule has 0 heterocycles. The first-order chi connectivity index (χ1) is 12.7. The lowest BCUT2D eigenvalue weighted by Gasteiger charge is -2.17. The summed E-state index contributed by atoms with van der Waals surface area (Å²) in [6.07, 6.45) is 7.99. The number of sulfonamides is 1. The van der Waals surface area contributed by atoms with Gasteiger partial charge in [-0.15, -0.1) is 0 Å². The molecule has 1 aliphatic rings. The van der Waals surface area contributed by atoms with Gasteiger partial charge in [-0.05, 0) is 69.2 Å². The van der Waals surface area contributed by atoms with Crippen LogP contribution in [-0.2, 0) is 14.8 Å². The van der Waals surface area contributed by atoms with E-state index in [0.29, 0.717) is 12.2 Å². The van der Waals surface area contributed by atoms with E-state index in [1.165, 1.54) is 36.8 Å². The zero-order chi connectivity index (χ0) is 20.0. The minimum atomic E-state index is -3.52. The first kappa shape index (κ1) is 21.4. The van der Waals surface area contributed by atoms with Crippen LogP contribution < -0.4 is 10.6 Å². The van der Waals surface area contributed by atoms with Crippen molar-refractivity contribution in [1.82, 2.24) is 9.62 Å². The Balaban J connectivity index is 1.95. The second-order valence-corrected chi connectivity index (χ2v) is 9.41. The van der Waals surface area contributed by atoms with Crippen LogP contribution in [0.25, 0.3) is 0 Å². The number of rotatable bonds is 8. The summed E-state index contributed by atoms with van der Waals surface area (Å²) in [6.45, 7) is 4.54. The third kappa shape index (κ3) is 5.81. The lowest BCUT2D eigenvalue weighted by atomic mass is 9.97. The molecule has 1 aliphatic carbocycles. The molecule has 27 heavy (non-hydrogen) atoms. The summed E-state index contributed by atoms with van der Waals surface area (Å²) in [5.74, 6) is -0.0932. The van der Waals surface area contributed by atoms with E-state index in [2.05, 4.69) is 16.7 Å². The van der Waals surface area contributed by atoms with E-state index in [4.69, 9.17) is 0 Å². The van der Waals surface area contributed by atoms with Gasteiger partial charge in [0.05, 0.1) is 11.4 Å². The zero-order valence-electron chi connectivity index (χ0n) is 16.8. The molecule has 0 saturated carbocycles. The van der Waals surface area contributed by atoms with E-state index in [-0.39, 0.29) is 17.3 Å². The van der Waals surface area contributed by atoms with Gasteiger partial charge in [-0.2, -0.15) is 0 Å². The highest BCUT2D eigenvalue weighted by atomic mass is 32.2. The normalized spacial score (nSPS) is 14.8. The van der Waals surface area contributed by atoms with Gasteiger partial charge in [-0.1, -0.05) is 11.6 Å². The molecule has 0 spiro atoms. The van der Waals surface area contributed by atoms with Gasteiger partial charge in [-0.3, -0.25) is 4.79 Å². The number of amides is 1. The molecule has 0 bridgehead atoms. The number of aryl methyl sites for hydroxylation is 1. The van der Waals surface area contributed by atoms with Gasteiger partial charge in [0.2, 0.25) is 15.9 Å². The largest absolute Gasteiger partial charge is 0.376 e. The smallest absolute Gasteiger partial charge is 0.242 e. The Bertz CT molecular complexity index is 814. The molecule has 0 fully saturated rings. The Labute approximate surface area is 163 Å². The molecule has 0 saturated heterocycles. The number of nitrogens with one attached hydrogen (secondary N) is 2. The number of hydrogen-bond donors (Lipinski definition) is 2. The zero-order valence-corrected chi connectivity index (χ0v) is 17.6. The van der Waals surface area contributed by atoms with Crippen LogP contribution >= 0.6 is 0 Å². The van der Waals surface area contributed by atoms with Crippen molar-refractivity contribution in [3.05, 3.63) is 34.9 Å². The van der Waals surface area contributed by atoms with Gasteiger partial charge in [-0.25, -0.2) is 12.7 Å². The lowest BCUT2D eigenvalue weighted by Crippen LogP contribution is -2.31. The van der Waals surface area contributed by atoms with Crippen LogP contribution in [0.4, 0.5) is 5.69 Å². The van der Waals surface area contributed by atoms with Crippen LogP contribution in [-0.4, -0.2) is 45.8 Å². The van der Waals surface area contributed by atoms with Gasteiger partial charge in [0.15, 0.2) is 0 Å².